The quantitative estimate of drug-likeness (QED) is 0.896. The van der Waals surface area contributed by atoms with Crippen LogP contribution in [0.15, 0.2) is 24.4 Å². The lowest BCUT2D eigenvalue weighted by molar-refractivity contribution is 0.0689. The van der Waals surface area contributed by atoms with Gasteiger partial charge in [0.15, 0.2) is 5.69 Å². The van der Waals surface area contributed by atoms with Crippen molar-refractivity contribution in [3.63, 3.8) is 0 Å². The van der Waals surface area contributed by atoms with Crippen molar-refractivity contribution in [1.29, 1.82) is 0 Å². The Labute approximate surface area is 101 Å². The lowest BCUT2D eigenvalue weighted by Crippen LogP contribution is -2.03. The number of hydrogen-bond donors (Lipinski definition) is 1. The van der Waals surface area contributed by atoms with Crippen LogP contribution in [0.1, 0.15) is 16.1 Å². The van der Waals surface area contributed by atoms with E-state index in [1.807, 2.05) is 0 Å². The summed E-state index contributed by atoms with van der Waals surface area (Å²) in [6, 6.07) is 4.00. The van der Waals surface area contributed by atoms with E-state index in [0.29, 0.717) is 10.6 Å². The second-order valence-electron chi connectivity index (χ2n) is 3.51. The predicted octanol–water partition coefficient (Wildman–Crippen LogP) is 2.67. The average Bonchev–Trinajstić information content (AvgIpc) is 2.64. The lowest BCUT2D eigenvalue weighted by atomic mass is 10.3. The van der Waals surface area contributed by atoms with Crippen molar-refractivity contribution >= 4 is 17.6 Å². The summed E-state index contributed by atoms with van der Waals surface area (Å²) < 4.78 is 14.7. The van der Waals surface area contributed by atoms with E-state index < -0.39 is 11.8 Å². The molecule has 6 heteroatoms. The number of carbonyl (C=O) groups is 1. The zero-order valence-electron chi connectivity index (χ0n) is 8.82. The van der Waals surface area contributed by atoms with Gasteiger partial charge in [0.2, 0.25) is 0 Å². The Hall–Kier alpha value is -1.88. The van der Waals surface area contributed by atoms with Crippen molar-refractivity contribution in [2.24, 2.45) is 0 Å². The summed E-state index contributed by atoms with van der Waals surface area (Å²) in [5.41, 5.74) is 0.467. The second kappa shape index (κ2) is 4.18. The van der Waals surface area contributed by atoms with Gasteiger partial charge in [0.05, 0.1) is 0 Å². The number of carboxylic acids is 1. The molecule has 0 atom stereocenters. The molecule has 1 aromatic carbocycles. The summed E-state index contributed by atoms with van der Waals surface area (Å²) >= 11 is 5.75. The molecule has 4 nitrogen and oxygen atoms in total. The van der Waals surface area contributed by atoms with Gasteiger partial charge >= 0.3 is 5.97 Å². The molecular weight excluding hydrogens is 247 g/mol. The van der Waals surface area contributed by atoms with E-state index >= 15 is 0 Å². The van der Waals surface area contributed by atoms with Gasteiger partial charge in [-0.1, -0.05) is 11.6 Å². The number of benzene rings is 1. The first-order chi connectivity index (χ1) is 7.99. The molecule has 0 amide bonds. The monoisotopic (exact) mass is 254 g/mol. The average molecular weight is 255 g/mol. The van der Waals surface area contributed by atoms with Crippen LogP contribution in [0.4, 0.5) is 4.39 Å². The number of rotatable bonds is 2. The van der Waals surface area contributed by atoms with Crippen LogP contribution < -0.4 is 0 Å². The predicted molar refractivity (Wildman–Crippen MR) is 60.2 cm³/mol. The normalized spacial score (nSPS) is 10.5. The highest BCUT2D eigenvalue weighted by Gasteiger charge is 2.15. The fourth-order valence-electron chi connectivity index (χ4n) is 1.46. The van der Waals surface area contributed by atoms with Crippen molar-refractivity contribution in [3.8, 4) is 5.69 Å². The molecular formula is C11H8ClFN2O2. The zero-order chi connectivity index (χ0) is 12.6. The fraction of sp³-hybridized carbons (Fsp3) is 0.0909. The summed E-state index contributed by atoms with van der Waals surface area (Å²) in [4.78, 5) is 10.8. The Balaban J connectivity index is 2.57. The van der Waals surface area contributed by atoms with E-state index in [1.165, 1.54) is 29.1 Å². The van der Waals surface area contributed by atoms with Crippen LogP contribution in [0.3, 0.4) is 0 Å². The molecule has 0 bridgehead atoms. The maximum absolute atomic E-state index is 13.5. The molecule has 0 aliphatic rings. The van der Waals surface area contributed by atoms with Crippen LogP contribution in [0.25, 0.3) is 5.69 Å². The molecule has 0 fully saturated rings. The number of carboxylic acid groups (broad SMARTS) is 1. The largest absolute Gasteiger partial charge is 0.476 e. The van der Waals surface area contributed by atoms with Gasteiger partial charge in [-0.2, -0.15) is 5.10 Å². The molecule has 0 aliphatic carbocycles. The summed E-state index contributed by atoms with van der Waals surface area (Å²) in [7, 11) is 0. The SMILES string of the molecule is Cc1cn(-c2cc(Cl)ccc2F)nc1C(=O)O. The highest BCUT2D eigenvalue weighted by atomic mass is 35.5. The Morgan fingerprint density at radius 3 is 2.82 bits per heavy atom. The highest BCUT2D eigenvalue weighted by molar-refractivity contribution is 6.30. The van der Waals surface area contributed by atoms with E-state index in [9.17, 15) is 9.18 Å². The third-order valence-corrected chi connectivity index (χ3v) is 2.49. The number of hydrogen-bond acceptors (Lipinski definition) is 2. The van der Waals surface area contributed by atoms with Gasteiger partial charge in [0, 0.05) is 16.8 Å². The Morgan fingerprint density at radius 2 is 2.24 bits per heavy atom. The van der Waals surface area contributed by atoms with Crippen LogP contribution >= 0.6 is 11.6 Å². The highest BCUT2D eigenvalue weighted by Crippen LogP contribution is 2.19. The molecule has 1 heterocycles. The smallest absolute Gasteiger partial charge is 0.356 e. The third-order valence-electron chi connectivity index (χ3n) is 2.25. The summed E-state index contributed by atoms with van der Waals surface area (Å²) in [5.74, 6) is -1.67. The van der Waals surface area contributed by atoms with Gasteiger partial charge in [-0.05, 0) is 25.1 Å². The maximum atomic E-state index is 13.5. The van der Waals surface area contributed by atoms with E-state index in [1.54, 1.807) is 6.92 Å². The van der Waals surface area contributed by atoms with Crippen molar-refractivity contribution < 1.29 is 14.3 Å². The van der Waals surface area contributed by atoms with Crippen LogP contribution in [-0.2, 0) is 0 Å². The number of aryl methyl sites for hydroxylation is 1. The topological polar surface area (TPSA) is 55.1 Å². The Kier molecular flexibility index (Phi) is 2.85. The Morgan fingerprint density at radius 1 is 1.53 bits per heavy atom. The molecule has 88 valence electrons. The number of halogens is 2. The number of aromatic carboxylic acids is 1. The molecule has 0 unspecified atom stereocenters. The zero-order valence-corrected chi connectivity index (χ0v) is 9.57. The van der Waals surface area contributed by atoms with Crippen molar-refractivity contribution in [1.82, 2.24) is 9.78 Å². The molecule has 1 aromatic heterocycles. The summed E-state index contributed by atoms with van der Waals surface area (Å²) in [6.07, 6.45) is 1.44. The molecule has 17 heavy (non-hydrogen) atoms. The first-order valence-electron chi connectivity index (χ1n) is 4.74. The molecule has 0 saturated heterocycles. The molecule has 1 N–H and O–H groups in total. The van der Waals surface area contributed by atoms with Gasteiger partial charge < -0.3 is 5.11 Å². The Bertz CT molecular complexity index is 595. The van der Waals surface area contributed by atoms with Crippen LogP contribution in [-0.4, -0.2) is 20.9 Å². The van der Waals surface area contributed by atoms with E-state index in [2.05, 4.69) is 5.10 Å². The van der Waals surface area contributed by atoms with Gasteiger partial charge in [-0.3, -0.25) is 0 Å². The third kappa shape index (κ3) is 2.14. The number of nitrogens with zero attached hydrogens (tertiary/aromatic N) is 2. The molecule has 0 aliphatic heterocycles. The van der Waals surface area contributed by atoms with Gasteiger partial charge in [-0.15, -0.1) is 0 Å². The molecule has 0 radical (unpaired) electrons. The minimum Gasteiger partial charge on any atom is -0.476 e. The van der Waals surface area contributed by atoms with Crippen LogP contribution in [0.5, 0.6) is 0 Å². The number of aromatic nitrogens is 2. The summed E-state index contributed by atoms with van der Waals surface area (Å²) in [5, 5.41) is 13.0. The van der Waals surface area contributed by atoms with Gasteiger partial charge in [-0.25, -0.2) is 13.9 Å². The fourth-order valence-corrected chi connectivity index (χ4v) is 1.62. The summed E-state index contributed by atoms with van der Waals surface area (Å²) in [6.45, 7) is 1.59. The van der Waals surface area contributed by atoms with E-state index in [-0.39, 0.29) is 11.4 Å². The molecule has 2 aromatic rings. The minimum absolute atomic E-state index is 0.107. The van der Waals surface area contributed by atoms with Crippen molar-refractivity contribution in [2.75, 3.05) is 0 Å². The minimum atomic E-state index is -1.15. The van der Waals surface area contributed by atoms with Gasteiger partial charge in [0.25, 0.3) is 0 Å². The first kappa shape index (κ1) is 11.6. The molecule has 0 saturated carbocycles. The van der Waals surface area contributed by atoms with Crippen LogP contribution in [0.2, 0.25) is 5.02 Å². The van der Waals surface area contributed by atoms with Crippen molar-refractivity contribution in [2.45, 2.75) is 6.92 Å². The lowest BCUT2D eigenvalue weighted by Gasteiger charge is -2.03. The van der Waals surface area contributed by atoms with Gasteiger partial charge in [0.1, 0.15) is 11.5 Å². The van der Waals surface area contributed by atoms with Crippen molar-refractivity contribution in [3.05, 3.63) is 46.5 Å². The van der Waals surface area contributed by atoms with E-state index in [4.69, 9.17) is 16.7 Å². The maximum Gasteiger partial charge on any atom is 0.356 e. The molecule has 2 rings (SSSR count). The van der Waals surface area contributed by atoms with E-state index in [0.717, 1.165) is 0 Å². The first-order valence-corrected chi connectivity index (χ1v) is 5.12. The second-order valence-corrected chi connectivity index (χ2v) is 3.94. The standard InChI is InChI=1S/C11H8ClFN2O2/c1-6-5-15(14-10(6)11(16)17)9-4-7(12)2-3-8(9)13/h2-5H,1H3,(H,16,17). The molecule has 0 spiro atoms. The van der Waals surface area contributed by atoms with Crippen LogP contribution in [0, 0.1) is 12.7 Å².